The topological polar surface area (TPSA) is 0 Å². The molecule has 0 aliphatic carbocycles. The van der Waals surface area contributed by atoms with Crippen LogP contribution in [0.2, 0.25) is 0 Å². The van der Waals surface area contributed by atoms with Crippen LogP contribution in [0.1, 0.15) is 18.9 Å². The smallest absolute Gasteiger partial charge is 0.0105 e. The van der Waals surface area contributed by atoms with E-state index < -0.39 is 0 Å². The second-order valence-corrected chi connectivity index (χ2v) is 5.39. The molecule has 3 rings (SSSR count). The Morgan fingerprint density at radius 1 is 0.955 bits per heavy atom. The first kappa shape index (κ1) is 14.3. The molecule has 0 spiro atoms. The number of hydrogen-bond donors (Lipinski definition) is 0. The molecule has 0 aliphatic rings. The summed E-state index contributed by atoms with van der Waals surface area (Å²) in [6.07, 6.45) is 9.30. The molecular weight excluding hydrogens is 264 g/mol. The Kier molecular flexibility index (Phi) is 4.20. The van der Waals surface area contributed by atoms with Crippen LogP contribution in [0.3, 0.4) is 0 Å². The van der Waals surface area contributed by atoms with Gasteiger partial charge < -0.3 is 0 Å². The zero-order chi connectivity index (χ0) is 15.4. The van der Waals surface area contributed by atoms with Gasteiger partial charge in [-0.2, -0.15) is 0 Å². The summed E-state index contributed by atoms with van der Waals surface area (Å²) in [7, 11) is 0. The number of hydrogen-bond acceptors (Lipinski definition) is 0. The fourth-order valence-electron chi connectivity index (χ4n) is 2.81. The van der Waals surface area contributed by atoms with E-state index in [0.717, 1.165) is 6.42 Å². The maximum Gasteiger partial charge on any atom is -0.0105 e. The summed E-state index contributed by atoms with van der Waals surface area (Å²) in [5, 5.41) is 5.18. The number of allylic oxidation sites excluding steroid dienone is 5. The van der Waals surface area contributed by atoms with Gasteiger partial charge in [-0.1, -0.05) is 86.3 Å². The number of fused-ring (bicyclic) bond motifs is 3. The lowest BCUT2D eigenvalue weighted by Gasteiger charge is -2.07. The highest BCUT2D eigenvalue weighted by molar-refractivity contribution is 6.08. The lowest BCUT2D eigenvalue weighted by Crippen LogP contribution is -1.83. The molecular formula is C22H20. The lowest BCUT2D eigenvalue weighted by atomic mass is 9.97. The van der Waals surface area contributed by atoms with Gasteiger partial charge in [0.15, 0.2) is 0 Å². The Hall–Kier alpha value is -2.60. The van der Waals surface area contributed by atoms with Crippen LogP contribution in [0.25, 0.3) is 27.1 Å². The molecule has 22 heavy (non-hydrogen) atoms. The van der Waals surface area contributed by atoms with Gasteiger partial charge in [-0.3, -0.25) is 0 Å². The van der Waals surface area contributed by atoms with Gasteiger partial charge in [0.05, 0.1) is 0 Å². The molecule has 0 heterocycles. The molecule has 0 saturated heterocycles. The molecule has 0 radical (unpaired) electrons. The SMILES string of the molecule is C=C/C=C(\C=C/CC)c1ccc2c(ccc3ccccc32)c1. The normalized spacial score (nSPS) is 12.3. The zero-order valence-corrected chi connectivity index (χ0v) is 12.9. The highest BCUT2D eigenvalue weighted by atomic mass is 14.1. The van der Waals surface area contributed by atoms with Crippen molar-refractivity contribution in [2.24, 2.45) is 0 Å². The molecule has 0 aromatic heterocycles. The van der Waals surface area contributed by atoms with E-state index in [1.165, 1.54) is 32.7 Å². The van der Waals surface area contributed by atoms with Gasteiger partial charge in [0.1, 0.15) is 0 Å². The van der Waals surface area contributed by atoms with Crippen LogP contribution in [0.15, 0.2) is 85.5 Å². The summed E-state index contributed by atoms with van der Waals surface area (Å²) >= 11 is 0. The van der Waals surface area contributed by atoms with Crippen LogP contribution in [0.5, 0.6) is 0 Å². The third kappa shape index (κ3) is 2.73. The first-order chi connectivity index (χ1) is 10.8. The highest BCUT2D eigenvalue weighted by Crippen LogP contribution is 2.28. The summed E-state index contributed by atoms with van der Waals surface area (Å²) in [5.74, 6) is 0. The zero-order valence-electron chi connectivity index (χ0n) is 12.9. The Balaban J connectivity index is 2.17. The van der Waals surface area contributed by atoms with E-state index in [1.54, 1.807) is 0 Å². The van der Waals surface area contributed by atoms with Crippen molar-refractivity contribution in [3.8, 4) is 0 Å². The van der Waals surface area contributed by atoms with Crippen LogP contribution in [0, 0.1) is 0 Å². The van der Waals surface area contributed by atoms with Crippen molar-refractivity contribution in [3.05, 3.63) is 91.0 Å². The molecule has 0 heteroatoms. The largest absolute Gasteiger partial charge is 0.0990 e. The summed E-state index contributed by atoms with van der Waals surface area (Å²) < 4.78 is 0. The van der Waals surface area contributed by atoms with E-state index in [1.807, 2.05) is 6.08 Å². The van der Waals surface area contributed by atoms with Crippen molar-refractivity contribution in [1.82, 2.24) is 0 Å². The monoisotopic (exact) mass is 284 g/mol. The first-order valence-electron chi connectivity index (χ1n) is 7.74. The van der Waals surface area contributed by atoms with Gasteiger partial charge in [-0.25, -0.2) is 0 Å². The van der Waals surface area contributed by atoms with E-state index in [9.17, 15) is 0 Å². The van der Waals surface area contributed by atoms with Crippen LogP contribution >= 0.6 is 0 Å². The third-order valence-electron chi connectivity index (χ3n) is 3.91. The average Bonchev–Trinajstić information content (AvgIpc) is 2.58. The third-order valence-corrected chi connectivity index (χ3v) is 3.91. The molecule has 0 bridgehead atoms. The molecule has 0 unspecified atom stereocenters. The van der Waals surface area contributed by atoms with Crippen LogP contribution in [-0.4, -0.2) is 0 Å². The van der Waals surface area contributed by atoms with Crippen molar-refractivity contribution in [2.45, 2.75) is 13.3 Å². The molecule has 0 atom stereocenters. The van der Waals surface area contributed by atoms with Gasteiger partial charge in [-0.05, 0) is 45.2 Å². The minimum Gasteiger partial charge on any atom is -0.0990 e. The summed E-state index contributed by atoms with van der Waals surface area (Å²) in [5.41, 5.74) is 2.43. The molecule has 0 amide bonds. The maximum absolute atomic E-state index is 3.83. The Labute approximate surface area is 132 Å². The predicted molar refractivity (Wildman–Crippen MR) is 99.1 cm³/mol. The predicted octanol–water partition coefficient (Wildman–Crippen LogP) is 6.53. The Morgan fingerprint density at radius 3 is 2.55 bits per heavy atom. The van der Waals surface area contributed by atoms with E-state index in [-0.39, 0.29) is 0 Å². The van der Waals surface area contributed by atoms with Gasteiger partial charge in [0.2, 0.25) is 0 Å². The Morgan fingerprint density at radius 2 is 1.73 bits per heavy atom. The molecule has 0 fully saturated rings. The van der Waals surface area contributed by atoms with Crippen LogP contribution in [-0.2, 0) is 0 Å². The van der Waals surface area contributed by atoms with Gasteiger partial charge in [-0.15, -0.1) is 0 Å². The van der Waals surface area contributed by atoms with Crippen LogP contribution in [0.4, 0.5) is 0 Å². The van der Waals surface area contributed by atoms with E-state index in [4.69, 9.17) is 0 Å². The number of rotatable bonds is 4. The summed E-state index contributed by atoms with van der Waals surface area (Å²) in [6.45, 7) is 5.97. The van der Waals surface area contributed by atoms with E-state index >= 15 is 0 Å². The van der Waals surface area contributed by atoms with Crippen molar-refractivity contribution in [1.29, 1.82) is 0 Å². The van der Waals surface area contributed by atoms with Crippen molar-refractivity contribution < 1.29 is 0 Å². The molecule has 3 aromatic carbocycles. The second-order valence-electron chi connectivity index (χ2n) is 5.39. The molecule has 0 nitrogen and oxygen atoms in total. The molecule has 0 N–H and O–H groups in total. The summed E-state index contributed by atoms with van der Waals surface area (Å²) in [6, 6.07) is 19.6. The minimum absolute atomic E-state index is 1.03. The summed E-state index contributed by atoms with van der Waals surface area (Å²) in [4.78, 5) is 0. The van der Waals surface area contributed by atoms with Crippen molar-refractivity contribution >= 4 is 27.1 Å². The van der Waals surface area contributed by atoms with E-state index in [0.29, 0.717) is 0 Å². The van der Waals surface area contributed by atoms with Gasteiger partial charge in [0, 0.05) is 0 Å². The fourth-order valence-corrected chi connectivity index (χ4v) is 2.81. The lowest BCUT2D eigenvalue weighted by molar-refractivity contribution is 1.22. The maximum atomic E-state index is 3.83. The van der Waals surface area contributed by atoms with E-state index in [2.05, 4.69) is 86.3 Å². The van der Waals surface area contributed by atoms with Crippen molar-refractivity contribution in [2.75, 3.05) is 0 Å². The Bertz CT molecular complexity index is 879. The average molecular weight is 284 g/mol. The number of benzene rings is 3. The fraction of sp³-hybridized carbons (Fsp3) is 0.0909. The molecule has 0 aliphatic heterocycles. The molecule has 108 valence electrons. The van der Waals surface area contributed by atoms with Crippen molar-refractivity contribution in [3.63, 3.8) is 0 Å². The minimum atomic E-state index is 1.03. The highest BCUT2D eigenvalue weighted by Gasteiger charge is 2.03. The quantitative estimate of drug-likeness (QED) is 0.377. The van der Waals surface area contributed by atoms with Gasteiger partial charge >= 0.3 is 0 Å². The van der Waals surface area contributed by atoms with Gasteiger partial charge in [0.25, 0.3) is 0 Å². The first-order valence-corrected chi connectivity index (χ1v) is 7.74. The second kappa shape index (κ2) is 6.44. The van der Waals surface area contributed by atoms with Crippen LogP contribution < -0.4 is 0 Å². The molecule has 0 saturated carbocycles. The standard InChI is InChI=1S/C22H20/c1-3-5-9-17(8-4-2)19-14-15-22-20(16-19)13-12-18-10-6-7-11-21(18)22/h4-16H,2-3H2,1H3/b9-5-,17-8+. The molecule has 3 aromatic rings.